The van der Waals surface area contributed by atoms with Crippen molar-refractivity contribution in [1.82, 2.24) is 15.5 Å². The van der Waals surface area contributed by atoms with Crippen molar-refractivity contribution in [3.8, 4) is 11.5 Å². The van der Waals surface area contributed by atoms with Gasteiger partial charge in [-0.3, -0.25) is 4.79 Å². The Hall–Kier alpha value is -1.79. The second-order valence-corrected chi connectivity index (χ2v) is 7.41. The minimum absolute atomic E-state index is 0.0320. The Morgan fingerprint density at radius 1 is 1.20 bits per heavy atom. The number of carbonyl (C=O) groups is 1. The topological polar surface area (TPSA) is 62.8 Å². The lowest BCUT2D eigenvalue weighted by molar-refractivity contribution is -0.124. The Balaban J connectivity index is 2.50. The molecular weight excluding hydrogens is 318 g/mol. The predicted molar refractivity (Wildman–Crippen MR) is 101 cm³/mol. The summed E-state index contributed by atoms with van der Waals surface area (Å²) in [5.41, 5.74) is 0.848. The molecule has 142 valence electrons. The van der Waals surface area contributed by atoms with E-state index >= 15 is 0 Å². The van der Waals surface area contributed by atoms with Gasteiger partial charge in [0.2, 0.25) is 0 Å². The van der Waals surface area contributed by atoms with Gasteiger partial charge in [-0.15, -0.1) is 0 Å². The molecule has 0 aliphatic heterocycles. The highest BCUT2D eigenvalue weighted by Crippen LogP contribution is 2.28. The predicted octanol–water partition coefficient (Wildman–Crippen LogP) is 2.03. The largest absolute Gasteiger partial charge is 0.493 e. The van der Waals surface area contributed by atoms with Crippen LogP contribution in [0.3, 0.4) is 0 Å². The summed E-state index contributed by atoms with van der Waals surface area (Å²) in [5.74, 6) is 1.06. The molecule has 0 radical (unpaired) electrons. The Kier molecular flexibility index (Phi) is 8.72. The van der Waals surface area contributed by atoms with Gasteiger partial charge >= 0.3 is 0 Å². The lowest BCUT2D eigenvalue weighted by Gasteiger charge is -2.20. The summed E-state index contributed by atoms with van der Waals surface area (Å²) < 4.78 is 11.0. The Bertz CT molecular complexity index is 539. The van der Waals surface area contributed by atoms with Gasteiger partial charge in [0, 0.05) is 12.1 Å². The summed E-state index contributed by atoms with van der Waals surface area (Å²) in [6.07, 6.45) is 1.11. The quantitative estimate of drug-likeness (QED) is 0.632. The molecule has 0 spiro atoms. The van der Waals surface area contributed by atoms with E-state index < -0.39 is 0 Å². The van der Waals surface area contributed by atoms with E-state index in [2.05, 4.69) is 29.6 Å². The van der Waals surface area contributed by atoms with Crippen LogP contribution in [0.5, 0.6) is 11.5 Å². The van der Waals surface area contributed by atoms with Crippen molar-refractivity contribution < 1.29 is 14.3 Å². The van der Waals surface area contributed by atoms with E-state index in [1.165, 1.54) is 0 Å². The van der Waals surface area contributed by atoms with Gasteiger partial charge in [0.1, 0.15) is 0 Å². The molecule has 0 saturated carbocycles. The normalized spacial score (nSPS) is 11.5. The van der Waals surface area contributed by atoms with Crippen molar-refractivity contribution in [3.05, 3.63) is 23.8 Å². The maximum Gasteiger partial charge on any atom is 0.258 e. The van der Waals surface area contributed by atoms with E-state index in [0.29, 0.717) is 11.5 Å². The Morgan fingerprint density at radius 3 is 2.52 bits per heavy atom. The van der Waals surface area contributed by atoms with Gasteiger partial charge in [-0.05, 0) is 72.1 Å². The van der Waals surface area contributed by atoms with E-state index in [9.17, 15) is 4.79 Å². The van der Waals surface area contributed by atoms with Crippen LogP contribution < -0.4 is 20.1 Å². The van der Waals surface area contributed by atoms with Gasteiger partial charge in [-0.2, -0.15) is 0 Å². The molecule has 0 fully saturated rings. The molecule has 6 nitrogen and oxygen atoms in total. The first-order chi connectivity index (χ1) is 11.7. The van der Waals surface area contributed by atoms with E-state index in [0.717, 1.165) is 31.6 Å². The number of rotatable bonds is 10. The van der Waals surface area contributed by atoms with Crippen molar-refractivity contribution >= 4 is 5.91 Å². The number of nitrogens with one attached hydrogen (secondary N) is 2. The van der Waals surface area contributed by atoms with Gasteiger partial charge in [-0.1, -0.05) is 6.07 Å². The summed E-state index contributed by atoms with van der Waals surface area (Å²) in [4.78, 5) is 14.0. The maximum atomic E-state index is 11.9. The first kappa shape index (κ1) is 21.3. The minimum atomic E-state index is -0.271. The molecular formula is C19H33N3O3. The molecule has 0 unspecified atom stereocenters. The van der Waals surface area contributed by atoms with Gasteiger partial charge in [0.25, 0.3) is 5.91 Å². The standard InChI is InChI=1S/C19H33N3O3/c1-19(2,3)21-18(23)14-25-16-9-8-15(12-17(16)24-6)13-20-10-7-11-22(4)5/h8-9,12,20H,7,10-11,13-14H2,1-6H3,(H,21,23). The third-order valence-electron chi connectivity index (χ3n) is 3.39. The van der Waals surface area contributed by atoms with Crippen LogP contribution in [0, 0.1) is 0 Å². The lowest BCUT2D eigenvalue weighted by atomic mass is 10.1. The van der Waals surface area contributed by atoms with E-state index in [1.807, 2.05) is 39.0 Å². The van der Waals surface area contributed by atoms with E-state index in [4.69, 9.17) is 9.47 Å². The Labute approximate surface area is 151 Å². The smallest absolute Gasteiger partial charge is 0.258 e. The third kappa shape index (κ3) is 9.31. The number of carbonyl (C=O) groups excluding carboxylic acids is 1. The maximum absolute atomic E-state index is 11.9. The molecule has 0 saturated heterocycles. The highest BCUT2D eigenvalue weighted by molar-refractivity contribution is 5.78. The number of methoxy groups -OCH3 is 1. The Morgan fingerprint density at radius 2 is 1.92 bits per heavy atom. The number of nitrogens with zero attached hydrogens (tertiary/aromatic N) is 1. The number of amides is 1. The second-order valence-electron chi connectivity index (χ2n) is 7.41. The SMILES string of the molecule is COc1cc(CNCCCN(C)C)ccc1OCC(=O)NC(C)(C)C. The molecule has 2 N–H and O–H groups in total. The summed E-state index contributed by atoms with van der Waals surface area (Å²) >= 11 is 0. The van der Waals surface area contributed by atoms with E-state index in [1.54, 1.807) is 7.11 Å². The average Bonchev–Trinajstić information content (AvgIpc) is 2.51. The van der Waals surface area contributed by atoms with Gasteiger partial charge in [-0.25, -0.2) is 0 Å². The third-order valence-corrected chi connectivity index (χ3v) is 3.39. The lowest BCUT2D eigenvalue weighted by Crippen LogP contribution is -2.43. The minimum Gasteiger partial charge on any atom is -0.493 e. The fourth-order valence-electron chi connectivity index (χ4n) is 2.29. The van der Waals surface area contributed by atoms with Crippen molar-refractivity contribution in [2.45, 2.75) is 39.3 Å². The molecule has 0 aromatic heterocycles. The summed E-state index contributed by atoms with van der Waals surface area (Å²) in [6, 6.07) is 5.77. The molecule has 0 aliphatic rings. The molecule has 1 aromatic rings. The molecule has 1 aromatic carbocycles. The van der Waals surface area contributed by atoms with Crippen LogP contribution >= 0.6 is 0 Å². The zero-order valence-corrected chi connectivity index (χ0v) is 16.4. The highest BCUT2D eigenvalue weighted by atomic mass is 16.5. The van der Waals surface area contributed by atoms with Crippen LogP contribution in [0.15, 0.2) is 18.2 Å². The molecule has 0 aliphatic carbocycles. The first-order valence-corrected chi connectivity index (χ1v) is 8.67. The van der Waals surface area contributed by atoms with Crippen molar-refractivity contribution in [2.24, 2.45) is 0 Å². The van der Waals surface area contributed by atoms with Crippen LogP contribution in [-0.2, 0) is 11.3 Å². The van der Waals surface area contributed by atoms with Gasteiger partial charge in [0.15, 0.2) is 18.1 Å². The number of hydrogen-bond acceptors (Lipinski definition) is 5. The number of benzene rings is 1. The number of hydrogen-bond donors (Lipinski definition) is 2. The molecule has 25 heavy (non-hydrogen) atoms. The fourth-order valence-corrected chi connectivity index (χ4v) is 2.29. The zero-order valence-electron chi connectivity index (χ0n) is 16.4. The summed E-state index contributed by atoms with van der Waals surface area (Å²) in [5, 5.41) is 6.28. The van der Waals surface area contributed by atoms with Crippen LogP contribution in [0.25, 0.3) is 0 Å². The molecule has 1 amide bonds. The second kappa shape index (κ2) is 10.3. The van der Waals surface area contributed by atoms with E-state index in [-0.39, 0.29) is 18.1 Å². The van der Waals surface area contributed by atoms with Gasteiger partial charge in [0.05, 0.1) is 7.11 Å². The number of ether oxygens (including phenoxy) is 2. The van der Waals surface area contributed by atoms with Gasteiger partial charge < -0.3 is 25.0 Å². The molecule has 1 rings (SSSR count). The summed E-state index contributed by atoms with van der Waals surface area (Å²) in [6.45, 7) is 8.58. The molecule has 6 heteroatoms. The van der Waals surface area contributed by atoms with Crippen LogP contribution in [0.2, 0.25) is 0 Å². The molecule has 0 heterocycles. The van der Waals surface area contributed by atoms with Crippen LogP contribution in [0.1, 0.15) is 32.8 Å². The van der Waals surface area contributed by atoms with Crippen molar-refractivity contribution in [3.63, 3.8) is 0 Å². The first-order valence-electron chi connectivity index (χ1n) is 8.67. The molecule has 0 bridgehead atoms. The monoisotopic (exact) mass is 351 g/mol. The fraction of sp³-hybridized carbons (Fsp3) is 0.632. The van der Waals surface area contributed by atoms with Crippen LogP contribution in [0.4, 0.5) is 0 Å². The molecule has 0 atom stereocenters. The average molecular weight is 351 g/mol. The summed E-state index contributed by atoms with van der Waals surface area (Å²) in [7, 11) is 5.75. The highest BCUT2D eigenvalue weighted by Gasteiger charge is 2.15. The van der Waals surface area contributed by atoms with Crippen molar-refractivity contribution in [2.75, 3.05) is 40.9 Å². The zero-order chi connectivity index (χ0) is 18.9. The van der Waals surface area contributed by atoms with Crippen molar-refractivity contribution in [1.29, 1.82) is 0 Å². The van der Waals surface area contributed by atoms with Crippen LogP contribution in [-0.4, -0.2) is 57.2 Å².